The van der Waals surface area contributed by atoms with Crippen molar-refractivity contribution >= 4 is 40.3 Å². The maximum atomic E-state index is 13.3. The fraction of sp³-hybridized carbons (Fsp3) is 0.444. The Bertz CT molecular complexity index is 1210. The van der Waals surface area contributed by atoms with E-state index >= 15 is 0 Å². The molecule has 178 valence electrons. The van der Waals surface area contributed by atoms with E-state index in [1.165, 1.54) is 23.7 Å². The van der Waals surface area contributed by atoms with Gasteiger partial charge in [-0.3, -0.25) is 9.59 Å². The van der Waals surface area contributed by atoms with Crippen molar-refractivity contribution in [3.05, 3.63) is 54.1 Å². The minimum absolute atomic E-state index is 0.0751. The maximum Gasteiger partial charge on any atom is 0.242 e. The summed E-state index contributed by atoms with van der Waals surface area (Å²) in [6, 6.07) is 16.2. The van der Waals surface area contributed by atoms with E-state index in [-0.39, 0.29) is 30.2 Å². The van der Waals surface area contributed by atoms with E-state index < -0.39 is 0 Å². The quantitative estimate of drug-likeness (QED) is 0.505. The molecule has 0 bridgehead atoms. The number of amides is 2. The molecule has 3 aromatic rings. The van der Waals surface area contributed by atoms with Crippen molar-refractivity contribution in [1.29, 1.82) is 0 Å². The van der Waals surface area contributed by atoms with Gasteiger partial charge in [0.25, 0.3) is 0 Å². The van der Waals surface area contributed by atoms with Gasteiger partial charge in [0.05, 0.1) is 16.8 Å². The van der Waals surface area contributed by atoms with Crippen LogP contribution in [0.15, 0.2) is 53.7 Å². The van der Waals surface area contributed by atoms with Crippen LogP contribution in [0.5, 0.6) is 0 Å². The third-order valence-electron chi connectivity index (χ3n) is 6.94. The summed E-state index contributed by atoms with van der Waals surface area (Å²) >= 11 is 1.42. The Morgan fingerprint density at radius 2 is 1.68 bits per heavy atom. The number of piperidine rings is 1. The van der Waals surface area contributed by atoms with Crippen molar-refractivity contribution in [2.24, 2.45) is 11.8 Å². The minimum atomic E-state index is 0.0751. The highest BCUT2D eigenvalue weighted by molar-refractivity contribution is 7.99. The molecule has 2 aromatic carbocycles. The van der Waals surface area contributed by atoms with E-state index in [2.05, 4.69) is 26.8 Å². The second kappa shape index (κ2) is 9.45. The number of benzene rings is 2. The van der Waals surface area contributed by atoms with Gasteiger partial charge in [0.2, 0.25) is 11.8 Å². The van der Waals surface area contributed by atoms with Crippen LogP contribution in [0, 0.1) is 11.8 Å². The van der Waals surface area contributed by atoms with Crippen molar-refractivity contribution < 1.29 is 9.59 Å². The molecule has 34 heavy (non-hydrogen) atoms. The van der Waals surface area contributed by atoms with Crippen LogP contribution in [0.1, 0.15) is 32.8 Å². The molecule has 1 saturated heterocycles. The van der Waals surface area contributed by atoms with Gasteiger partial charge in [0.1, 0.15) is 6.54 Å². The molecule has 0 unspecified atom stereocenters. The zero-order chi connectivity index (χ0) is 23.8. The molecule has 6 nitrogen and oxygen atoms in total. The number of thioether (sulfide) groups is 1. The first kappa shape index (κ1) is 23.0. The number of nitrogens with zero attached hydrogens (tertiary/aromatic N) is 4. The van der Waals surface area contributed by atoms with Crippen molar-refractivity contribution in [3.63, 3.8) is 0 Å². The second-order valence-corrected chi connectivity index (χ2v) is 10.9. The van der Waals surface area contributed by atoms with Crippen molar-refractivity contribution in [2.45, 2.75) is 51.4 Å². The Kier molecular flexibility index (Phi) is 6.38. The number of aromatic nitrogens is 2. The maximum absolute atomic E-state index is 13.3. The van der Waals surface area contributed by atoms with Crippen LogP contribution in [0.25, 0.3) is 11.0 Å². The Hall–Kier alpha value is -2.80. The number of anilines is 1. The van der Waals surface area contributed by atoms with Gasteiger partial charge in [-0.15, -0.1) is 0 Å². The highest BCUT2D eigenvalue weighted by atomic mass is 32.2. The van der Waals surface area contributed by atoms with E-state index in [4.69, 9.17) is 4.98 Å². The third-order valence-corrected chi connectivity index (χ3v) is 7.90. The van der Waals surface area contributed by atoms with E-state index in [1.54, 1.807) is 0 Å². The van der Waals surface area contributed by atoms with Gasteiger partial charge in [0, 0.05) is 24.8 Å². The molecule has 2 aliphatic heterocycles. The standard InChI is InChI=1S/C27H32N4O2S/c1-18-12-19(2)15-29(14-18)25(32)16-30-24-11-7-5-9-22(24)28-27(30)34-17-26(33)31-20(3)13-21-8-4-6-10-23(21)31/h4-11,18-20H,12-17H2,1-3H3/t18-,19-,20+/m0/s1. The molecule has 0 aliphatic carbocycles. The van der Waals surface area contributed by atoms with Gasteiger partial charge in [-0.25, -0.2) is 4.98 Å². The lowest BCUT2D eigenvalue weighted by atomic mass is 9.92. The van der Waals surface area contributed by atoms with Gasteiger partial charge in [-0.1, -0.05) is 55.9 Å². The Balaban J connectivity index is 1.35. The summed E-state index contributed by atoms with van der Waals surface area (Å²) in [5.41, 5.74) is 4.02. The monoisotopic (exact) mass is 476 g/mol. The van der Waals surface area contributed by atoms with E-state index in [0.29, 0.717) is 11.8 Å². The SMILES string of the molecule is C[C@H]1C[C@H](C)CN(C(=O)Cn2c(SCC(=O)N3c4ccccc4C[C@H]3C)nc3ccccc32)C1. The smallest absolute Gasteiger partial charge is 0.242 e. The summed E-state index contributed by atoms with van der Waals surface area (Å²) in [5, 5.41) is 0.723. The number of rotatable bonds is 5. The molecule has 1 aromatic heterocycles. The average Bonchev–Trinajstić information content (AvgIpc) is 3.33. The summed E-state index contributed by atoms with van der Waals surface area (Å²) in [6.45, 7) is 8.39. The topological polar surface area (TPSA) is 58.4 Å². The van der Waals surface area contributed by atoms with Crippen molar-refractivity contribution in [2.75, 3.05) is 23.7 Å². The van der Waals surface area contributed by atoms with Crippen molar-refractivity contribution in [1.82, 2.24) is 14.5 Å². The highest BCUT2D eigenvalue weighted by Crippen LogP contribution is 2.33. The van der Waals surface area contributed by atoms with Gasteiger partial charge in [0.15, 0.2) is 5.16 Å². The number of carbonyl (C=O) groups excluding carboxylic acids is 2. The molecular weight excluding hydrogens is 444 g/mol. The van der Waals surface area contributed by atoms with Gasteiger partial charge < -0.3 is 14.4 Å². The average molecular weight is 477 g/mol. The summed E-state index contributed by atoms with van der Waals surface area (Å²) in [5.74, 6) is 1.52. The third kappa shape index (κ3) is 4.45. The predicted molar refractivity (Wildman–Crippen MR) is 137 cm³/mol. The normalized spacial score (nSPS) is 22.3. The van der Waals surface area contributed by atoms with Gasteiger partial charge in [-0.05, 0) is 55.4 Å². The van der Waals surface area contributed by atoms with Crippen LogP contribution in [-0.2, 0) is 22.6 Å². The molecule has 0 saturated carbocycles. The zero-order valence-corrected chi connectivity index (χ0v) is 20.9. The molecule has 3 heterocycles. The first-order chi connectivity index (χ1) is 16.4. The molecule has 1 fully saturated rings. The molecule has 0 N–H and O–H groups in total. The summed E-state index contributed by atoms with van der Waals surface area (Å²) in [4.78, 5) is 35.2. The lowest BCUT2D eigenvalue weighted by molar-refractivity contribution is -0.134. The fourth-order valence-corrected chi connectivity index (χ4v) is 6.43. The van der Waals surface area contributed by atoms with Crippen LogP contribution in [0.2, 0.25) is 0 Å². The molecule has 7 heteroatoms. The molecule has 5 rings (SSSR count). The fourth-order valence-electron chi connectivity index (χ4n) is 5.56. The van der Waals surface area contributed by atoms with Crippen LogP contribution in [-0.4, -0.2) is 51.1 Å². The minimum Gasteiger partial charge on any atom is -0.341 e. The van der Waals surface area contributed by atoms with E-state index in [9.17, 15) is 9.59 Å². The Morgan fingerprint density at radius 3 is 2.47 bits per heavy atom. The van der Waals surface area contributed by atoms with Gasteiger partial charge in [-0.2, -0.15) is 0 Å². The zero-order valence-electron chi connectivity index (χ0n) is 20.1. The molecule has 3 atom stereocenters. The number of likely N-dealkylation sites (tertiary alicyclic amines) is 1. The van der Waals surface area contributed by atoms with E-state index in [0.717, 1.165) is 41.4 Å². The number of para-hydroxylation sites is 3. The second-order valence-electron chi connectivity index (χ2n) is 9.95. The number of fused-ring (bicyclic) bond motifs is 2. The number of hydrogen-bond donors (Lipinski definition) is 0. The lowest BCUT2D eigenvalue weighted by Crippen LogP contribution is -2.44. The molecule has 2 aliphatic rings. The summed E-state index contributed by atoms with van der Waals surface area (Å²) < 4.78 is 1.99. The number of carbonyl (C=O) groups is 2. The molecule has 0 radical (unpaired) electrons. The predicted octanol–water partition coefficient (Wildman–Crippen LogP) is 4.61. The molecule has 0 spiro atoms. The molecule has 2 amide bonds. The lowest BCUT2D eigenvalue weighted by Gasteiger charge is -2.35. The first-order valence-corrected chi connectivity index (χ1v) is 13.1. The number of hydrogen-bond acceptors (Lipinski definition) is 4. The summed E-state index contributed by atoms with van der Waals surface area (Å²) in [7, 11) is 0. The first-order valence-electron chi connectivity index (χ1n) is 12.2. The van der Waals surface area contributed by atoms with Crippen LogP contribution >= 0.6 is 11.8 Å². The largest absolute Gasteiger partial charge is 0.341 e. The van der Waals surface area contributed by atoms with Crippen LogP contribution in [0.4, 0.5) is 5.69 Å². The Morgan fingerprint density at radius 1 is 0.971 bits per heavy atom. The van der Waals surface area contributed by atoms with Crippen LogP contribution < -0.4 is 4.90 Å². The summed E-state index contributed by atoms with van der Waals surface area (Å²) in [6.07, 6.45) is 2.05. The number of imidazole rings is 1. The Labute approximate surface area is 205 Å². The highest BCUT2D eigenvalue weighted by Gasteiger charge is 2.31. The molecular formula is C27H32N4O2S. The van der Waals surface area contributed by atoms with Gasteiger partial charge >= 0.3 is 0 Å². The van der Waals surface area contributed by atoms with Crippen molar-refractivity contribution in [3.8, 4) is 0 Å². The van der Waals surface area contributed by atoms with Crippen LogP contribution in [0.3, 0.4) is 0 Å². The van der Waals surface area contributed by atoms with E-state index in [1.807, 2.05) is 56.8 Å².